The molecule has 0 bridgehead atoms. The van der Waals surface area contributed by atoms with Gasteiger partial charge >= 0.3 is 0 Å². The second kappa shape index (κ2) is 6.24. The zero-order valence-electron chi connectivity index (χ0n) is 13.1. The van der Waals surface area contributed by atoms with E-state index < -0.39 is 11.6 Å². The Morgan fingerprint density at radius 1 is 0.952 bits per heavy atom. The Balaban J connectivity index is 2.52. The first-order chi connectivity index (χ1) is 9.79. The molecular formula is C17H21F2NS. The van der Waals surface area contributed by atoms with Crippen molar-refractivity contribution >= 4 is 11.3 Å². The number of benzene rings is 1. The van der Waals surface area contributed by atoms with Crippen molar-refractivity contribution in [3.63, 3.8) is 0 Å². The van der Waals surface area contributed by atoms with Gasteiger partial charge in [-0.15, -0.1) is 11.3 Å². The molecule has 1 heterocycles. The van der Waals surface area contributed by atoms with Crippen LogP contribution < -0.4 is 5.32 Å². The third kappa shape index (κ3) is 3.50. The van der Waals surface area contributed by atoms with E-state index in [0.717, 1.165) is 10.9 Å². The summed E-state index contributed by atoms with van der Waals surface area (Å²) >= 11 is 1.66. The predicted octanol–water partition coefficient (Wildman–Crippen LogP) is 5.04. The average Bonchev–Trinajstić information content (AvgIpc) is 2.71. The SMILES string of the molecule is Cc1cc(C(NC(C)C)c2cc(C)c(C)s2)c(F)cc1F. The minimum atomic E-state index is -0.502. The molecule has 0 aliphatic rings. The second-order valence-corrected chi connectivity index (χ2v) is 7.05. The lowest BCUT2D eigenvalue weighted by Crippen LogP contribution is -2.29. The van der Waals surface area contributed by atoms with E-state index in [9.17, 15) is 8.78 Å². The van der Waals surface area contributed by atoms with Gasteiger partial charge in [-0.25, -0.2) is 8.78 Å². The van der Waals surface area contributed by atoms with Crippen LogP contribution in [-0.2, 0) is 0 Å². The summed E-state index contributed by atoms with van der Waals surface area (Å²) < 4.78 is 27.7. The molecule has 0 aliphatic heterocycles. The van der Waals surface area contributed by atoms with Crippen molar-refractivity contribution in [2.45, 2.75) is 46.7 Å². The largest absolute Gasteiger partial charge is 0.303 e. The minimum Gasteiger partial charge on any atom is -0.303 e. The molecule has 0 saturated carbocycles. The van der Waals surface area contributed by atoms with Crippen LogP contribution in [0.15, 0.2) is 18.2 Å². The maximum Gasteiger partial charge on any atom is 0.131 e. The predicted molar refractivity (Wildman–Crippen MR) is 85.0 cm³/mol. The highest BCUT2D eigenvalue weighted by molar-refractivity contribution is 7.12. The molecule has 0 aliphatic carbocycles. The van der Waals surface area contributed by atoms with Crippen molar-refractivity contribution in [1.29, 1.82) is 0 Å². The quantitative estimate of drug-likeness (QED) is 0.834. The Hall–Kier alpha value is -1.26. The van der Waals surface area contributed by atoms with Crippen molar-refractivity contribution in [3.05, 3.63) is 56.3 Å². The Morgan fingerprint density at radius 3 is 2.14 bits per heavy atom. The summed E-state index contributed by atoms with van der Waals surface area (Å²) in [6.45, 7) is 9.81. The molecule has 21 heavy (non-hydrogen) atoms. The van der Waals surface area contributed by atoms with Crippen LogP contribution in [0.4, 0.5) is 8.78 Å². The maximum absolute atomic E-state index is 14.2. The highest BCUT2D eigenvalue weighted by Crippen LogP contribution is 2.33. The molecule has 4 heteroatoms. The first-order valence-electron chi connectivity index (χ1n) is 7.08. The van der Waals surface area contributed by atoms with Gasteiger partial charge < -0.3 is 5.32 Å². The number of aryl methyl sites for hydroxylation is 3. The van der Waals surface area contributed by atoms with Crippen molar-refractivity contribution in [2.75, 3.05) is 0 Å². The van der Waals surface area contributed by atoms with Gasteiger partial charge in [-0.05, 0) is 57.9 Å². The van der Waals surface area contributed by atoms with Crippen LogP contribution in [0, 0.1) is 32.4 Å². The fourth-order valence-corrected chi connectivity index (χ4v) is 3.43. The van der Waals surface area contributed by atoms with Crippen LogP contribution in [0.1, 0.15) is 46.3 Å². The number of hydrogen-bond acceptors (Lipinski definition) is 2. The van der Waals surface area contributed by atoms with Gasteiger partial charge in [0.1, 0.15) is 11.6 Å². The molecule has 0 amide bonds. The smallest absolute Gasteiger partial charge is 0.131 e. The Labute approximate surface area is 129 Å². The summed E-state index contributed by atoms with van der Waals surface area (Å²) in [5.41, 5.74) is 2.17. The fourth-order valence-electron chi connectivity index (χ4n) is 2.30. The minimum absolute atomic E-state index is 0.197. The monoisotopic (exact) mass is 309 g/mol. The van der Waals surface area contributed by atoms with Gasteiger partial charge in [0, 0.05) is 27.4 Å². The molecule has 114 valence electrons. The molecule has 1 unspecified atom stereocenters. The van der Waals surface area contributed by atoms with Crippen LogP contribution in [0.25, 0.3) is 0 Å². The van der Waals surface area contributed by atoms with Crippen molar-refractivity contribution < 1.29 is 8.78 Å². The lowest BCUT2D eigenvalue weighted by molar-refractivity contribution is 0.500. The van der Waals surface area contributed by atoms with Crippen LogP contribution in [0.3, 0.4) is 0 Å². The van der Waals surface area contributed by atoms with Gasteiger partial charge in [-0.3, -0.25) is 0 Å². The lowest BCUT2D eigenvalue weighted by Gasteiger charge is -2.22. The van der Waals surface area contributed by atoms with Gasteiger partial charge in [0.15, 0.2) is 0 Å². The van der Waals surface area contributed by atoms with E-state index in [1.807, 2.05) is 20.8 Å². The van der Waals surface area contributed by atoms with E-state index in [1.54, 1.807) is 24.3 Å². The zero-order valence-corrected chi connectivity index (χ0v) is 13.9. The van der Waals surface area contributed by atoms with E-state index in [-0.39, 0.29) is 12.1 Å². The third-order valence-electron chi connectivity index (χ3n) is 3.56. The summed E-state index contributed by atoms with van der Waals surface area (Å²) in [7, 11) is 0. The Kier molecular flexibility index (Phi) is 4.79. The van der Waals surface area contributed by atoms with Crippen LogP contribution in [0.5, 0.6) is 0 Å². The Bertz CT molecular complexity index is 627. The molecule has 1 atom stereocenters. The van der Waals surface area contributed by atoms with Crippen molar-refractivity contribution in [1.82, 2.24) is 5.32 Å². The van der Waals surface area contributed by atoms with Crippen LogP contribution >= 0.6 is 11.3 Å². The number of hydrogen-bond donors (Lipinski definition) is 1. The Morgan fingerprint density at radius 2 is 1.62 bits per heavy atom. The third-order valence-corrected chi connectivity index (χ3v) is 4.78. The molecule has 1 nitrogen and oxygen atoms in total. The van der Waals surface area contributed by atoms with E-state index in [1.165, 1.54) is 10.4 Å². The first-order valence-corrected chi connectivity index (χ1v) is 7.89. The number of nitrogens with one attached hydrogen (secondary N) is 1. The van der Waals surface area contributed by atoms with E-state index >= 15 is 0 Å². The van der Waals surface area contributed by atoms with E-state index in [2.05, 4.69) is 18.3 Å². The molecule has 0 saturated heterocycles. The first kappa shape index (κ1) is 16.1. The normalized spacial score (nSPS) is 13.0. The summed E-state index contributed by atoms with van der Waals surface area (Å²) in [5.74, 6) is -1.00. The molecule has 2 rings (SSSR count). The highest BCUT2D eigenvalue weighted by Gasteiger charge is 2.22. The highest BCUT2D eigenvalue weighted by atomic mass is 32.1. The molecule has 1 N–H and O–H groups in total. The molecule has 0 fully saturated rings. The topological polar surface area (TPSA) is 12.0 Å². The summed E-state index contributed by atoms with van der Waals surface area (Å²) in [6, 6.07) is 4.62. The van der Waals surface area contributed by atoms with E-state index in [0.29, 0.717) is 11.1 Å². The van der Waals surface area contributed by atoms with E-state index in [4.69, 9.17) is 0 Å². The van der Waals surface area contributed by atoms with Gasteiger partial charge in [-0.2, -0.15) is 0 Å². The van der Waals surface area contributed by atoms with Gasteiger partial charge in [-0.1, -0.05) is 0 Å². The van der Waals surface area contributed by atoms with Gasteiger partial charge in [0.05, 0.1) is 6.04 Å². The summed E-state index contributed by atoms with van der Waals surface area (Å²) in [6.07, 6.45) is 0. The van der Waals surface area contributed by atoms with Gasteiger partial charge in [0.25, 0.3) is 0 Å². The molecule has 0 spiro atoms. The van der Waals surface area contributed by atoms with Crippen molar-refractivity contribution in [2.24, 2.45) is 0 Å². The standard InChI is InChI=1S/C17H21F2NS/c1-9(2)20-17(16-7-10(3)12(5)21-16)13-6-11(4)14(18)8-15(13)19/h6-9,17,20H,1-5H3. The van der Waals surface area contributed by atoms with Crippen LogP contribution in [0.2, 0.25) is 0 Å². The molecule has 1 aromatic carbocycles. The molecule has 0 radical (unpaired) electrons. The van der Waals surface area contributed by atoms with Crippen LogP contribution in [-0.4, -0.2) is 6.04 Å². The fraction of sp³-hybridized carbons (Fsp3) is 0.412. The number of rotatable bonds is 4. The molecule has 2 aromatic rings. The maximum atomic E-state index is 14.2. The van der Waals surface area contributed by atoms with Gasteiger partial charge in [0.2, 0.25) is 0 Å². The number of halogens is 2. The summed E-state index contributed by atoms with van der Waals surface area (Å²) in [5, 5.41) is 3.39. The average molecular weight is 309 g/mol. The zero-order chi connectivity index (χ0) is 15.7. The summed E-state index contributed by atoms with van der Waals surface area (Å²) in [4.78, 5) is 2.28. The van der Waals surface area contributed by atoms with Crippen molar-refractivity contribution in [3.8, 4) is 0 Å². The lowest BCUT2D eigenvalue weighted by atomic mass is 10.0. The second-order valence-electron chi connectivity index (χ2n) is 5.77. The number of thiophene rings is 1. The molecular weight excluding hydrogens is 288 g/mol. The molecule has 1 aromatic heterocycles.